The summed E-state index contributed by atoms with van der Waals surface area (Å²) in [5.41, 5.74) is 7.27. The molecule has 138 valence electrons. The Morgan fingerprint density at radius 1 is 1.19 bits per heavy atom. The molecule has 1 atom stereocenters. The van der Waals surface area contributed by atoms with Crippen molar-refractivity contribution in [1.29, 1.82) is 0 Å². The van der Waals surface area contributed by atoms with E-state index in [-0.39, 0.29) is 12.5 Å². The number of aromatic nitrogens is 2. The van der Waals surface area contributed by atoms with Crippen LogP contribution in [0.15, 0.2) is 54.6 Å². The fraction of sp³-hybridized carbons (Fsp3) is 0.200. The van der Waals surface area contributed by atoms with E-state index in [0.29, 0.717) is 35.9 Å². The Balaban J connectivity index is 1.65. The highest BCUT2D eigenvalue weighted by atomic mass is 16.5. The van der Waals surface area contributed by atoms with Crippen LogP contribution in [0.25, 0.3) is 11.3 Å². The zero-order valence-electron chi connectivity index (χ0n) is 14.6. The summed E-state index contributed by atoms with van der Waals surface area (Å²) < 4.78 is 7.50. The van der Waals surface area contributed by atoms with E-state index in [0.717, 1.165) is 11.3 Å². The normalized spacial score (nSPS) is 15.7. The second-order valence-electron chi connectivity index (χ2n) is 6.49. The highest BCUT2D eigenvalue weighted by Gasteiger charge is 2.27. The third-order valence-corrected chi connectivity index (χ3v) is 4.55. The van der Waals surface area contributed by atoms with Gasteiger partial charge in [-0.3, -0.25) is 4.79 Å². The highest BCUT2D eigenvalue weighted by Crippen LogP contribution is 2.32. The monoisotopic (exact) mass is 364 g/mol. The Kier molecular flexibility index (Phi) is 4.52. The van der Waals surface area contributed by atoms with Crippen molar-refractivity contribution < 1.29 is 14.6 Å². The summed E-state index contributed by atoms with van der Waals surface area (Å²) in [6.07, 6.45) is 0. The number of nitrogens with one attached hydrogen (secondary N) is 1. The lowest BCUT2D eigenvalue weighted by Crippen LogP contribution is -2.31. The zero-order valence-corrected chi connectivity index (χ0v) is 14.6. The van der Waals surface area contributed by atoms with Crippen LogP contribution in [0.5, 0.6) is 11.5 Å². The number of nitrogens with two attached hydrogens (primary N) is 1. The molecule has 0 radical (unpaired) electrons. The average molecular weight is 364 g/mol. The van der Waals surface area contributed by atoms with Crippen LogP contribution in [-0.4, -0.2) is 33.9 Å². The molecule has 27 heavy (non-hydrogen) atoms. The summed E-state index contributed by atoms with van der Waals surface area (Å²) >= 11 is 0. The molecule has 0 spiro atoms. The van der Waals surface area contributed by atoms with Gasteiger partial charge in [-0.2, -0.15) is 5.10 Å². The number of para-hydroxylation sites is 1. The molecule has 3 aromatic rings. The third-order valence-electron chi connectivity index (χ3n) is 4.55. The van der Waals surface area contributed by atoms with Crippen LogP contribution in [-0.2, 0) is 6.54 Å². The van der Waals surface area contributed by atoms with Gasteiger partial charge in [0.05, 0.1) is 0 Å². The molecule has 1 unspecified atom stereocenters. The number of primary amides is 1. The van der Waals surface area contributed by atoms with Crippen molar-refractivity contribution in [2.24, 2.45) is 11.7 Å². The predicted octanol–water partition coefficient (Wildman–Crippen LogP) is 2.48. The van der Waals surface area contributed by atoms with Crippen molar-refractivity contribution in [2.45, 2.75) is 6.54 Å². The number of carbonyl (C=O) groups is 1. The molecule has 0 aliphatic carbocycles. The summed E-state index contributed by atoms with van der Waals surface area (Å²) in [7, 11) is 0. The van der Waals surface area contributed by atoms with E-state index in [1.165, 1.54) is 0 Å². The molecular formula is C20H20N4O3. The first kappa shape index (κ1) is 17.1. The molecule has 0 saturated carbocycles. The highest BCUT2D eigenvalue weighted by molar-refractivity contribution is 6.03. The molecule has 7 heteroatoms. The quantitative estimate of drug-likeness (QED) is 0.645. The molecule has 2 aromatic carbocycles. The molecule has 4 N–H and O–H groups in total. The molecule has 1 amide bonds. The van der Waals surface area contributed by atoms with Gasteiger partial charge in [0, 0.05) is 31.2 Å². The molecule has 1 aliphatic rings. The van der Waals surface area contributed by atoms with Gasteiger partial charge in [0.15, 0.2) is 0 Å². The van der Waals surface area contributed by atoms with Gasteiger partial charge < -0.3 is 20.9 Å². The molecule has 4 rings (SSSR count). The summed E-state index contributed by atoms with van der Waals surface area (Å²) in [5.74, 6) is 1.55. The van der Waals surface area contributed by atoms with Crippen molar-refractivity contribution in [2.75, 3.05) is 18.5 Å². The SMILES string of the molecule is NC(=O)c1c(-c2ccc(Oc3ccccc3)cc2)nn2c1NCC(CO)C2. The Hall–Kier alpha value is -3.32. The molecule has 0 bridgehead atoms. The fourth-order valence-electron chi connectivity index (χ4n) is 3.19. The maximum absolute atomic E-state index is 12.0. The fourth-order valence-corrected chi connectivity index (χ4v) is 3.19. The number of rotatable bonds is 5. The van der Waals surface area contributed by atoms with Gasteiger partial charge in [-0.15, -0.1) is 0 Å². The van der Waals surface area contributed by atoms with E-state index in [1.54, 1.807) is 4.68 Å². The molecule has 0 fully saturated rings. The largest absolute Gasteiger partial charge is 0.457 e. The lowest BCUT2D eigenvalue weighted by molar-refractivity contribution is 0.100. The number of benzene rings is 2. The van der Waals surface area contributed by atoms with E-state index in [4.69, 9.17) is 10.5 Å². The molecule has 1 aromatic heterocycles. The first-order valence-electron chi connectivity index (χ1n) is 8.74. The topological polar surface area (TPSA) is 102 Å². The van der Waals surface area contributed by atoms with Crippen LogP contribution < -0.4 is 15.8 Å². The third kappa shape index (κ3) is 3.37. The van der Waals surface area contributed by atoms with E-state index < -0.39 is 5.91 Å². The first-order chi connectivity index (χ1) is 13.2. The second-order valence-corrected chi connectivity index (χ2v) is 6.49. The second kappa shape index (κ2) is 7.13. The number of aliphatic hydroxyl groups excluding tert-OH is 1. The van der Waals surface area contributed by atoms with Crippen molar-refractivity contribution in [3.8, 4) is 22.8 Å². The van der Waals surface area contributed by atoms with Gasteiger partial charge in [-0.05, 0) is 36.4 Å². The van der Waals surface area contributed by atoms with Crippen molar-refractivity contribution in [3.05, 3.63) is 60.2 Å². The number of anilines is 1. The van der Waals surface area contributed by atoms with E-state index in [9.17, 15) is 9.90 Å². The smallest absolute Gasteiger partial charge is 0.254 e. The molecule has 1 aliphatic heterocycles. The van der Waals surface area contributed by atoms with E-state index in [1.807, 2.05) is 54.6 Å². The maximum Gasteiger partial charge on any atom is 0.254 e. The molecule has 0 saturated heterocycles. The van der Waals surface area contributed by atoms with Crippen LogP contribution in [0.1, 0.15) is 10.4 Å². The van der Waals surface area contributed by atoms with Crippen molar-refractivity contribution >= 4 is 11.7 Å². The maximum atomic E-state index is 12.0. The molecule has 7 nitrogen and oxygen atoms in total. The standard InChI is InChI=1S/C20H20N4O3/c21-19(26)17-18(23-24-11-13(12-25)10-22-20(17)24)14-6-8-16(9-7-14)27-15-4-2-1-3-5-15/h1-9,13,22,25H,10-12H2,(H2,21,26). The lowest BCUT2D eigenvalue weighted by Gasteiger charge is -2.23. The van der Waals surface area contributed by atoms with Crippen LogP contribution in [0.3, 0.4) is 0 Å². The van der Waals surface area contributed by atoms with Gasteiger partial charge in [0.25, 0.3) is 5.91 Å². The Morgan fingerprint density at radius 2 is 1.89 bits per heavy atom. The van der Waals surface area contributed by atoms with Crippen molar-refractivity contribution in [1.82, 2.24) is 9.78 Å². The Morgan fingerprint density at radius 3 is 2.56 bits per heavy atom. The number of ether oxygens (including phenoxy) is 1. The zero-order chi connectivity index (χ0) is 18.8. The summed E-state index contributed by atoms with van der Waals surface area (Å²) in [6, 6.07) is 16.9. The predicted molar refractivity (Wildman–Crippen MR) is 102 cm³/mol. The number of amides is 1. The minimum atomic E-state index is -0.536. The summed E-state index contributed by atoms with van der Waals surface area (Å²) in [5, 5.41) is 17.1. The van der Waals surface area contributed by atoms with Crippen LogP contribution in [0.2, 0.25) is 0 Å². The van der Waals surface area contributed by atoms with Crippen LogP contribution >= 0.6 is 0 Å². The van der Waals surface area contributed by atoms with Gasteiger partial charge in [-0.1, -0.05) is 18.2 Å². The van der Waals surface area contributed by atoms with Gasteiger partial charge >= 0.3 is 0 Å². The average Bonchev–Trinajstić information content (AvgIpc) is 3.08. The minimum Gasteiger partial charge on any atom is -0.457 e. The van der Waals surface area contributed by atoms with Crippen LogP contribution in [0, 0.1) is 5.92 Å². The van der Waals surface area contributed by atoms with Crippen molar-refractivity contribution in [3.63, 3.8) is 0 Å². The Bertz CT molecular complexity index is 951. The number of carbonyl (C=O) groups excluding carboxylic acids is 1. The van der Waals surface area contributed by atoms with E-state index in [2.05, 4.69) is 10.4 Å². The Labute approximate surface area is 156 Å². The van der Waals surface area contributed by atoms with Crippen LogP contribution in [0.4, 0.5) is 5.82 Å². The van der Waals surface area contributed by atoms with Gasteiger partial charge in [0.2, 0.25) is 0 Å². The van der Waals surface area contributed by atoms with Gasteiger partial charge in [-0.25, -0.2) is 4.68 Å². The minimum absolute atomic E-state index is 0.0487. The number of aliphatic hydroxyl groups is 1. The number of hydrogen-bond donors (Lipinski definition) is 3. The lowest BCUT2D eigenvalue weighted by atomic mass is 10.1. The first-order valence-corrected chi connectivity index (χ1v) is 8.74. The number of fused-ring (bicyclic) bond motifs is 1. The van der Waals surface area contributed by atoms with Gasteiger partial charge in [0.1, 0.15) is 28.6 Å². The molecular weight excluding hydrogens is 344 g/mol. The van der Waals surface area contributed by atoms with E-state index >= 15 is 0 Å². The number of nitrogens with zero attached hydrogens (tertiary/aromatic N) is 2. The number of hydrogen-bond acceptors (Lipinski definition) is 5. The molecule has 2 heterocycles. The summed E-state index contributed by atoms with van der Waals surface area (Å²) in [4.78, 5) is 12.0. The summed E-state index contributed by atoms with van der Waals surface area (Å²) in [6.45, 7) is 1.17.